The standard InChI is InChI=1S/C19H28N2O4S/c22-13-12-20-10-11-21(18-15-26(24,25)14-17(18)20)19(23)9-5-4-8-16-6-2-1-3-7-16/h1-3,6-7,17-18,22H,4-5,8-15H2/t17-,18+/m1/s1. The molecule has 0 unspecified atom stereocenters. The summed E-state index contributed by atoms with van der Waals surface area (Å²) < 4.78 is 24.2. The fourth-order valence-corrected chi connectivity index (χ4v) is 6.15. The minimum atomic E-state index is -3.12. The fraction of sp³-hybridized carbons (Fsp3) is 0.632. The molecule has 0 saturated carbocycles. The van der Waals surface area contributed by atoms with Crippen LogP contribution < -0.4 is 0 Å². The summed E-state index contributed by atoms with van der Waals surface area (Å²) in [6, 6.07) is 9.79. The van der Waals surface area contributed by atoms with Crippen LogP contribution in [0.3, 0.4) is 0 Å². The summed E-state index contributed by atoms with van der Waals surface area (Å²) in [5.41, 5.74) is 1.28. The van der Waals surface area contributed by atoms with Crippen molar-refractivity contribution in [3.8, 4) is 0 Å². The van der Waals surface area contributed by atoms with Crippen LogP contribution in [0.1, 0.15) is 24.8 Å². The summed E-state index contributed by atoms with van der Waals surface area (Å²) in [7, 11) is -3.12. The van der Waals surface area contributed by atoms with Crippen LogP contribution in [-0.2, 0) is 21.1 Å². The van der Waals surface area contributed by atoms with Crippen molar-refractivity contribution in [2.75, 3.05) is 37.7 Å². The van der Waals surface area contributed by atoms with Crippen LogP contribution in [0, 0.1) is 0 Å². The number of benzene rings is 1. The molecule has 2 aliphatic heterocycles. The molecule has 0 radical (unpaired) electrons. The van der Waals surface area contributed by atoms with Gasteiger partial charge in [-0.1, -0.05) is 30.3 Å². The molecule has 2 atom stereocenters. The van der Waals surface area contributed by atoms with Crippen LogP contribution in [0.4, 0.5) is 0 Å². The smallest absolute Gasteiger partial charge is 0.222 e. The molecule has 144 valence electrons. The zero-order valence-corrected chi connectivity index (χ0v) is 15.9. The normalized spacial score (nSPS) is 25.2. The van der Waals surface area contributed by atoms with Crippen molar-refractivity contribution in [2.45, 2.75) is 37.8 Å². The van der Waals surface area contributed by atoms with Crippen LogP contribution in [0.5, 0.6) is 0 Å². The first-order chi connectivity index (χ1) is 12.5. The van der Waals surface area contributed by atoms with E-state index in [9.17, 15) is 18.3 Å². The number of sulfone groups is 1. The van der Waals surface area contributed by atoms with E-state index in [4.69, 9.17) is 0 Å². The van der Waals surface area contributed by atoms with Crippen LogP contribution in [0.15, 0.2) is 30.3 Å². The number of amides is 1. The minimum absolute atomic E-state index is 0.0106. The van der Waals surface area contributed by atoms with Gasteiger partial charge >= 0.3 is 0 Å². The lowest BCUT2D eigenvalue weighted by atomic mass is 10.0. The van der Waals surface area contributed by atoms with Gasteiger partial charge in [-0.2, -0.15) is 0 Å². The topological polar surface area (TPSA) is 77.9 Å². The number of aliphatic hydroxyl groups excluding tert-OH is 1. The van der Waals surface area contributed by atoms with Gasteiger partial charge in [0.25, 0.3) is 0 Å². The number of hydrogen-bond acceptors (Lipinski definition) is 5. The van der Waals surface area contributed by atoms with E-state index in [1.165, 1.54) is 5.56 Å². The Balaban J connectivity index is 1.53. The molecule has 1 aromatic rings. The molecule has 1 N–H and O–H groups in total. The third kappa shape index (κ3) is 4.64. The number of carbonyl (C=O) groups is 1. The van der Waals surface area contributed by atoms with Gasteiger partial charge < -0.3 is 10.0 Å². The predicted molar refractivity (Wildman–Crippen MR) is 101 cm³/mol. The second kappa shape index (κ2) is 8.50. The van der Waals surface area contributed by atoms with E-state index in [-0.39, 0.29) is 36.1 Å². The maximum Gasteiger partial charge on any atom is 0.222 e. The van der Waals surface area contributed by atoms with E-state index in [2.05, 4.69) is 12.1 Å². The Bertz CT molecular complexity index is 708. The summed E-state index contributed by atoms with van der Waals surface area (Å²) in [4.78, 5) is 16.5. The van der Waals surface area contributed by atoms with E-state index in [0.29, 0.717) is 26.1 Å². The van der Waals surface area contributed by atoms with Crippen LogP contribution in [0.2, 0.25) is 0 Å². The maximum absolute atomic E-state index is 12.7. The molecule has 26 heavy (non-hydrogen) atoms. The average Bonchev–Trinajstić information content (AvgIpc) is 2.95. The number of carbonyl (C=O) groups excluding carboxylic acids is 1. The predicted octanol–water partition coefficient (Wildman–Crippen LogP) is 0.702. The van der Waals surface area contributed by atoms with Crippen LogP contribution in [-0.4, -0.2) is 79.1 Å². The van der Waals surface area contributed by atoms with Crippen molar-refractivity contribution in [3.05, 3.63) is 35.9 Å². The monoisotopic (exact) mass is 380 g/mol. The second-order valence-corrected chi connectivity index (χ2v) is 9.40. The SMILES string of the molecule is O=C(CCCCc1ccccc1)N1CCN(CCO)[C@@H]2CS(=O)(=O)C[C@@H]21. The number of piperazine rings is 1. The molecule has 2 saturated heterocycles. The number of hydrogen-bond donors (Lipinski definition) is 1. The molecule has 0 spiro atoms. The third-order valence-corrected chi connectivity index (χ3v) is 7.15. The van der Waals surface area contributed by atoms with E-state index >= 15 is 0 Å². The number of unbranched alkanes of at least 4 members (excludes halogenated alkanes) is 1. The van der Waals surface area contributed by atoms with Gasteiger partial charge in [-0.25, -0.2) is 8.42 Å². The summed E-state index contributed by atoms with van der Waals surface area (Å²) in [6.07, 6.45) is 3.19. The highest BCUT2D eigenvalue weighted by atomic mass is 32.2. The molecule has 3 rings (SSSR count). The van der Waals surface area contributed by atoms with Crippen molar-refractivity contribution in [2.24, 2.45) is 0 Å². The highest BCUT2D eigenvalue weighted by Gasteiger charge is 2.47. The highest BCUT2D eigenvalue weighted by molar-refractivity contribution is 7.91. The molecule has 7 heteroatoms. The van der Waals surface area contributed by atoms with Crippen molar-refractivity contribution < 1.29 is 18.3 Å². The first-order valence-corrected chi connectivity index (χ1v) is 11.2. The van der Waals surface area contributed by atoms with Gasteiger partial charge in [-0.05, 0) is 24.8 Å². The fourth-order valence-electron chi connectivity index (χ4n) is 4.13. The molecular weight excluding hydrogens is 352 g/mol. The Morgan fingerprint density at radius 1 is 1.08 bits per heavy atom. The Labute approximate surface area is 155 Å². The van der Waals surface area contributed by atoms with Crippen molar-refractivity contribution >= 4 is 15.7 Å². The lowest BCUT2D eigenvalue weighted by molar-refractivity contribution is -0.137. The summed E-state index contributed by atoms with van der Waals surface area (Å²) >= 11 is 0. The molecular formula is C19H28N2O4S. The number of rotatable bonds is 7. The first kappa shape index (κ1) is 19.3. The zero-order valence-electron chi connectivity index (χ0n) is 15.1. The summed E-state index contributed by atoms with van der Waals surface area (Å²) in [5.74, 6) is 0.207. The Kier molecular flexibility index (Phi) is 6.32. The summed E-state index contributed by atoms with van der Waals surface area (Å²) in [5, 5.41) is 9.21. The molecule has 1 aromatic carbocycles. The van der Waals surface area contributed by atoms with Gasteiger partial charge in [0.1, 0.15) is 0 Å². The maximum atomic E-state index is 12.7. The lowest BCUT2D eigenvalue weighted by Crippen LogP contribution is -2.61. The van der Waals surface area contributed by atoms with E-state index in [0.717, 1.165) is 19.3 Å². The number of aliphatic hydroxyl groups is 1. The number of aryl methyl sites for hydroxylation is 1. The molecule has 6 nitrogen and oxygen atoms in total. The average molecular weight is 381 g/mol. The minimum Gasteiger partial charge on any atom is -0.395 e. The largest absolute Gasteiger partial charge is 0.395 e. The molecule has 0 aromatic heterocycles. The lowest BCUT2D eigenvalue weighted by Gasteiger charge is -2.43. The van der Waals surface area contributed by atoms with Crippen LogP contribution >= 0.6 is 0 Å². The van der Waals surface area contributed by atoms with Crippen molar-refractivity contribution in [3.63, 3.8) is 0 Å². The Hall–Kier alpha value is -1.44. The zero-order chi connectivity index (χ0) is 18.6. The summed E-state index contributed by atoms with van der Waals surface area (Å²) in [6.45, 7) is 1.66. The Morgan fingerprint density at radius 2 is 1.81 bits per heavy atom. The van der Waals surface area contributed by atoms with Gasteiger partial charge in [-0.3, -0.25) is 9.69 Å². The van der Waals surface area contributed by atoms with Crippen molar-refractivity contribution in [1.29, 1.82) is 0 Å². The molecule has 2 heterocycles. The third-order valence-electron chi connectivity index (χ3n) is 5.45. The molecule has 0 bridgehead atoms. The molecule has 1 amide bonds. The van der Waals surface area contributed by atoms with Crippen molar-refractivity contribution in [1.82, 2.24) is 9.80 Å². The quantitative estimate of drug-likeness (QED) is 0.705. The van der Waals surface area contributed by atoms with Gasteiger partial charge in [0.05, 0.1) is 24.2 Å². The van der Waals surface area contributed by atoms with Gasteiger partial charge in [-0.15, -0.1) is 0 Å². The number of nitrogens with zero attached hydrogens (tertiary/aromatic N) is 2. The molecule has 2 fully saturated rings. The highest BCUT2D eigenvalue weighted by Crippen LogP contribution is 2.27. The first-order valence-electron chi connectivity index (χ1n) is 9.39. The number of β-amino-alcohol motifs (C(OH)–C–C–N with tert-alkyl or cyclic N) is 1. The van der Waals surface area contributed by atoms with Gasteiger partial charge in [0.2, 0.25) is 5.91 Å². The second-order valence-electron chi connectivity index (χ2n) is 7.25. The van der Waals surface area contributed by atoms with Gasteiger partial charge in [0.15, 0.2) is 9.84 Å². The molecule has 2 aliphatic rings. The van der Waals surface area contributed by atoms with Gasteiger partial charge in [0, 0.05) is 32.1 Å². The van der Waals surface area contributed by atoms with E-state index in [1.807, 2.05) is 23.1 Å². The van der Waals surface area contributed by atoms with E-state index in [1.54, 1.807) is 4.90 Å². The molecule has 0 aliphatic carbocycles. The Morgan fingerprint density at radius 3 is 2.54 bits per heavy atom. The van der Waals surface area contributed by atoms with E-state index < -0.39 is 9.84 Å². The van der Waals surface area contributed by atoms with Crippen LogP contribution in [0.25, 0.3) is 0 Å². The number of fused-ring (bicyclic) bond motifs is 1.